The number of nitrogens with two attached hydrogens (primary N) is 1. The van der Waals surface area contributed by atoms with E-state index in [2.05, 4.69) is 85.8 Å². The number of aliphatic carboxylic acids is 4. The van der Waals surface area contributed by atoms with Gasteiger partial charge in [0.1, 0.15) is 24.2 Å². The average molecular weight is 1520 g/mol. The summed E-state index contributed by atoms with van der Waals surface area (Å²) in [4.78, 5) is 156. The maximum Gasteiger partial charge on any atom is 0.331 e. The van der Waals surface area contributed by atoms with E-state index < -0.39 is 133 Å². The van der Waals surface area contributed by atoms with Crippen LogP contribution in [0.1, 0.15) is 150 Å². The third kappa shape index (κ3) is 28.2. The number of nitrogens with zero attached hydrogens (tertiary/aromatic N) is 7. The molecule has 588 valence electrons. The molecule has 1 saturated heterocycles. The molecule has 16 N–H and O–H groups in total. The summed E-state index contributed by atoms with van der Waals surface area (Å²) in [5.74, 6) is -12.9. The molecule has 6 amide bonds. The van der Waals surface area contributed by atoms with Gasteiger partial charge in [0.05, 0.1) is 80.0 Å². The number of nitrogen functional groups attached to an aromatic ring is 1. The maximum atomic E-state index is 13.7. The van der Waals surface area contributed by atoms with E-state index >= 15 is 0 Å². The van der Waals surface area contributed by atoms with Gasteiger partial charge >= 0.3 is 29.8 Å². The van der Waals surface area contributed by atoms with Crippen LogP contribution in [0, 0.1) is 5.92 Å². The quantitative estimate of drug-likeness (QED) is 0.0113. The van der Waals surface area contributed by atoms with Crippen LogP contribution >= 0.6 is 0 Å². The second kappa shape index (κ2) is 42.4. The first kappa shape index (κ1) is 85.1. The lowest BCUT2D eigenvalue weighted by Gasteiger charge is -2.41. The molecule has 2 aliphatic rings. The number of aromatic hydroxyl groups is 1. The molecule has 0 aliphatic carbocycles. The number of allylic oxidation sites excluding steroid dienone is 7. The largest absolute Gasteiger partial charge is 0.492 e. The van der Waals surface area contributed by atoms with Gasteiger partial charge in [0, 0.05) is 72.9 Å². The van der Waals surface area contributed by atoms with Crippen molar-refractivity contribution in [1.29, 1.82) is 0 Å². The number of unbranched alkanes of at least 4 members (excludes halogenated alkanes) is 1. The van der Waals surface area contributed by atoms with Crippen molar-refractivity contribution in [2.45, 2.75) is 192 Å². The number of aliphatic hydroxyl groups is 1. The molecule has 2 aromatic carbocycles. The van der Waals surface area contributed by atoms with Crippen molar-refractivity contribution in [2.24, 2.45) is 5.92 Å². The Morgan fingerprint density at radius 3 is 2.05 bits per heavy atom. The number of hydrogen-bond donors (Lipinski definition) is 15. The Bertz CT molecular complexity index is 4270. The first-order valence-electron chi connectivity index (χ1n) is 35.8. The van der Waals surface area contributed by atoms with Gasteiger partial charge in [-0.05, 0) is 127 Å². The van der Waals surface area contributed by atoms with Crippen molar-refractivity contribution in [3.05, 3.63) is 155 Å². The van der Waals surface area contributed by atoms with Crippen LogP contribution in [-0.2, 0) is 65.7 Å². The number of fused-ring (bicyclic) bond motifs is 1. The number of rotatable bonds is 42. The summed E-state index contributed by atoms with van der Waals surface area (Å²) in [7, 11) is 0. The summed E-state index contributed by atoms with van der Waals surface area (Å²) in [6.45, 7) is 10.3. The molecule has 5 heterocycles. The summed E-state index contributed by atoms with van der Waals surface area (Å²) in [5.41, 5.74) is 10.8. The van der Waals surface area contributed by atoms with E-state index in [4.69, 9.17) is 15.2 Å². The number of nitrogens with one attached hydrogen (secondary N) is 8. The van der Waals surface area contributed by atoms with E-state index in [0.29, 0.717) is 47.7 Å². The van der Waals surface area contributed by atoms with Crippen LogP contribution in [0.5, 0.6) is 5.88 Å². The Labute approximate surface area is 632 Å². The van der Waals surface area contributed by atoms with E-state index in [1.165, 1.54) is 24.4 Å². The highest BCUT2D eigenvalue weighted by Gasteiger charge is 2.38. The molecular formula is C75H94N16O19. The summed E-state index contributed by atoms with van der Waals surface area (Å²) in [6.07, 6.45) is 18.9. The minimum absolute atomic E-state index is 0.0107. The highest BCUT2D eigenvalue weighted by atomic mass is 16.5. The minimum atomic E-state index is -2.08. The molecule has 3 aromatic heterocycles. The molecular weight excluding hydrogens is 1430 g/mol. The Balaban J connectivity index is 0.830. The molecule has 0 spiro atoms. The van der Waals surface area contributed by atoms with E-state index in [-0.39, 0.29) is 98.0 Å². The van der Waals surface area contributed by atoms with Gasteiger partial charge < -0.3 is 88.4 Å². The van der Waals surface area contributed by atoms with Gasteiger partial charge in [0.15, 0.2) is 11.2 Å². The molecule has 110 heavy (non-hydrogen) atoms. The second-order valence-corrected chi connectivity index (χ2v) is 26.7. The van der Waals surface area contributed by atoms with E-state index in [1.807, 2.05) is 57.2 Å². The third-order valence-corrected chi connectivity index (χ3v) is 17.7. The highest BCUT2D eigenvalue weighted by molar-refractivity contribution is 5.98. The Morgan fingerprint density at radius 1 is 0.745 bits per heavy atom. The van der Waals surface area contributed by atoms with Crippen LogP contribution in [0.2, 0.25) is 0 Å². The molecule has 0 bridgehead atoms. The molecule has 0 radical (unpaired) electrons. The zero-order chi connectivity index (χ0) is 80.0. The summed E-state index contributed by atoms with van der Waals surface area (Å²) in [6, 6.07) is 5.02. The molecule has 2 unspecified atom stereocenters. The number of cyclic esters (lactones) is 1. The van der Waals surface area contributed by atoms with Gasteiger partial charge in [-0.15, -0.1) is 5.10 Å². The SMILES string of the molecule is C/C=C/[C@@H]1O[C@H]([C@H](O)/C=C/C=C(\C)CC/C=C(C)\C=C\[C@H]2CC=CC(=O)O2)CC(NCc2cn(-c3ccc(C(=O)NCCCC[C@@H](CC(=O)O)NC(=O)[C@H](CC(=O)O)NC(=O)C(CC(=O)O)NC(=O)[C@@H](CC(=O)O)NC(=O)CC[C@@H](C)NC(=O)c4ccc(NCc5cnc6nc(N)nc(O)c6n5)cc4)cc3)nn2)[C@@H]1C. The number of amides is 6. The topological polar surface area (TPSA) is 532 Å². The van der Waals surface area contributed by atoms with Crippen LogP contribution in [-0.4, -0.2) is 198 Å². The van der Waals surface area contributed by atoms with E-state index in [1.54, 1.807) is 66.4 Å². The standard InChI is InChI=1S/C75H94N16O19/c1-6-12-59-45(5)54(34-60(110-59)58(92)18-10-15-42(2)13-9-14-43(3)20-30-53-17-11-19-66(102)109-53)79-40-51-41-91(90-89-51)52-28-24-46(25-29-52)69(103)77-32-8-7-16-49(33-62(94)95)83-71(105)56(36-64(98)99)85-73(107)57(37-65(100)101)86-72(106)55(35-63(96)97)84-61(93)31-21-44(4)81-70(104)47-22-26-48(27-23-47)78-38-50-39-80-68-67(82-50)74(108)88-75(76)87-68/h6,10-12,14-15,18-20,22-30,39,41,44-45,49,53-60,78-79,92H,7-9,13,16-17,21,31-38,40H2,1-5H3,(H,77,103)(H,81,104)(H,83,105)(H,84,93)(H,85,107)(H,86,106)(H,94,95)(H,96,97)(H,98,99)(H,100,101)(H3,76,80,87,88,108)/b12-6+,18-10+,30-20+,42-15+,43-14-/t44-,45+,49+,53-,54?,55-,56+,57?,58-,59+,60+/m1/s1. The number of esters is 1. The van der Waals surface area contributed by atoms with Gasteiger partial charge in [-0.3, -0.25) is 47.9 Å². The minimum Gasteiger partial charge on any atom is -0.492 e. The molecule has 0 saturated carbocycles. The normalized spacial score (nSPS) is 18.3. The summed E-state index contributed by atoms with van der Waals surface area (Å²) >= 11 is 0. The number of aliphatic hydroxyl groups excluding tert-OH is 1. The Morgan fingerprint density at radius 2 is 1.39 bits per heavy atom. The van der Waals surface area contributed by atoms with Crippen molar-refractivity contribution < 1.29 is 92.9 Å². The molecule has 35 nitrogen and oxygen atoms in total. The van der Waals surface area contributed by atoms with Crippen LogP contribution in [0.3, 0.4) is 0 Å². The van der Waals surface area contributed by atoms with Crippen LogP contribution in [0.25, 0.3) is 16.9 Å². The van der Waals surface area contributed by atoms with Crippen LogP contribution in [0.4, 0.5) is 11.6 Å². The molecule has 2 aliphatic heterocycles. The maximum absolute atomic E-state index is 13.7. The number of carbonyl (C=O) groups excluding carboxylic acids is 7. The molecule has 11 atom stereocenters. The van der Waals surface area contributed by atoms with Gasteiger partial charge in [-0.2, -0.15) is 9.97 Å². The number of carboxylic acid groups (broad SMARTS) is 4. The fraction of sp³-hybridized carbons (Fsp3) is 0.427. The number of hydrogen-bond acceptors (Lipinski definition) is 24. The van der Waals surface area contributed by atoms with E-state index in [0.717, 1.165) is 24.0 Å². The van der Waals surface area contributed by atoms with Crippen molar-refractivity contribution in [2.75, 3.05) is 17.6 Å². The lowest BCUT2D eigenvalue weighted by Crippen LogP contribution is -2.58. The third-order valence-electron chi connectivity index (χ3n) is 17.7. The number of benzene rings is 2. The first-order valence-corrected chi connectivity index (χ1v) is 35.8. The molecule has 5 aromatic rings. The Kier molecular flexibility index (Phi) is 32.8. The van der Waals surface area contributed by atoms with Crippen LogP contribution < -0.4 is 48.3 Å². The number of anilines is 2. The number of carboxylic acids is 4. The van der Waals surface area contributed by atoms with E-state index in [9.17, 15) is 83.4 Å². The van der Waals surface area contributed by atoms with Crippen LogP contribution in [0.15, 0.2) is 133 Å². The lowest BCUT2D eigenvalue weighted by atomic mass is 9.86. The fourth-order valence-corrected chi connectivity index (χ4v) is 11.7. The van der Waals surface area contributed by atoms with Gasteiger partial charge in [-0.25, -0.2) is 19.4 Å². The Hall–Kier alpha value is -12.1. The van der Waals surface area contributed by atoms with Crippen molar-refractivity contribution in [3.63, 3.8) is 0 Å². The first-order chi connectivity index (χ1) is 52.5. The monoisotopic (exact) mass is 1520 g/mol. The zero-order valence-corrected chi connectivity index (χ0v) is 61.4. The van der Waals surface area contributed by atoms with Crippen molar-refractivity contribution in [3.8, 4) is 11.6 Å². The van der Waals surface area contributed by atoms with Gasteiger partial charge in [0.25, 0.3) is 11.8 Å². The summed E-state index contributed by atoms with van der Waals surface area (Å²) < 4.78 is 13.2. The zero-order valence-electron chi connectivity index (χ0n) is 61.4. The fourth-order valence-electron chi connectivity index (χ4n) is 11.7. The summed E-state index contributed by atoms with van der Waals surface area (Å²) in [5, 5.41) is 89.9. The number of ether oxygens (including phenoxy) is 2. The number of carbonyl (C=O) groups is 11. The molecule has 7 rings (SSSR count). The average Bonchev–Trinajstić information content (AvgIpc) is 1.01. The lowest BCUT2D eigenvalue weighted by molar-refractivity contribution is -0.144. The molecule has 1 fully saturated rings. The predicted molar refractivity (Wildman–Crippen MR) is 398 cm³/mol. The smallest absolute Gasteiger partial charge is 0.331 e. The van der Waals surface area contributed by atoms with Gasteiger partial charge in [-0.1, -0.05) is 71.9 Å². The van der Waals surface area contributed by atoms with Gasteiger partial charge in [0.2, 0.25) is 35.5 Å². The second-order valence-electron chi connectivity index (χ2n) is 26.7. The van der Waals surface area contributed by atoms with Crippen molar-refractivity contribution >= 4 is 88.1 Å². The van der Waals surface area contributed by atoms with Crippen molar-refractivity contribution in [1.82, 2.24) is 72.1 Å². The predicted octanol–water partition coefficient (Wildman–Crippen LogP) is 4.08. The molecule has 35 heteroatoms. The number of aromatic nitrogens is 7. The highest BCUT2D eigenvalue weighted by Crippen LogP contribution is 2.30.